The normalized spacial score (nSPS) is 12.8. The van der Waals surface area contributed by atoms with E-state index in [2.05, 4.69) is 11.2 Å². The zero-order chi connectivity index (χ0) is 8.91. The van der Waals surface area contributed by atoms with E-state index in [-0.39, 0.29) is 5.54 Å². The van der Waals surface area contributed by atoms with Crippen LogP contribution in [-0.2, 0) is 0 Å². The molecule has 0 amide bonds. The van der Waals surface area contributed by atoms with Crippen LogP contribution < -0.4 is 5.32 Å². The monoisotopic (exact) mass is 191 g/mol. The Balaban J connectivity index is 3.82. The first-order chi connectivity index (χ1) is 5.02. The number of halogens is 2. The van der Waals surface area contributed by atoms with Gasteiger partial charge >= 0.3 is 0 Å². The molecule has 0 radical (unpaired) electrons. The lowest BCUT2D eigenvalue weighted by Gasteiger charge is -2.18. The van der Waals surface area contributed by atoms with Crippen LogP contribution in [0.25, 0.3) is 0 Å². The second-order valence-electron chi connectivity index (χ2n) is 2.68. The molecule has 0 saturated heterocycles. The van der Waals surface area contributed by atoms with E-state index in [0.717, 1.165) is 0 Å². The summed E-state index contributed by atoms with van der Waals surface area (Å²) in [5.41, 5.74) is 0.987. The lowest BCUT2D eigenvalue weighted by molar-refractivity contribution is 0.521. The van der Waals surface area contributed by atoms with Gasteiger partial charge in [-0.2, -0.15) is 0 Å². The van der Waals surface area contributed by atoms with Crippen LogP contribution in [0.2, 0.25) is 0 Å². The molecule has 62 valence electrons. The van der Waals surface area contributed by atoms with Gasteiger partial charge in [-0.3, -0.25) is 5.32 Å². The SMILES string of the molecule is C#CC(C)(C)NC/C(Cl)=C/Cl. The summed E-state index contributed by atoms with van der Waals surface area (Å²) in [7, 11) is 0. The molecule has 0 aromatic rings. The minimum atomic E-state index is -0.333. The van der Waals surface area contributed by atoms with Gasteiger partial charge in [0, 0.05) is 17.1 Å². The van der Waals surface area contributed by atoms with E-state index in [9.17, 15) is 0 Å². The van der Waals surface area contributed by atoms with Crippen molar-refractivity contribution in [3.63, 3.8) is 0 Å². The standard InChI is InChI=1S/C8H11Cl2N/c1-4-8(2,3)11-6-7(10)5-9/h1,5,11H,6H2,2-3H3/b7-5-. The Morgan fingerprint density at radius 1 is 1.73 bits per heavy atom. The minimum absolute atomic E-state index is 0.333. The molecule has 0 rings (SSSR count). The lowest BCUT2D eigenvalue weighted by Crippen LogP contribution is -2.38. The number of terminal acetylenes is 1. The van der Waals surface area contributed by atoms with Crippen LogP contribution in [0.3, 0.4) is 0 Å². The third kappa shape index (κ3) is 5.15. The number of nitrogens with one attached hydrogen (secondary N) is 1. The molecule has 0 bridgehead atoms. The Hall–Kier alpha value is -0.160. The van der Waals surface area contributed by atoms with Crippen molar-refractivity contribution in [2.75, 3.05) is 6.54 Å². The fraction of sp³-hybridized carbons (Fsp3) is 0.500. The molecule has 1 N–H and O–H groups in total. The van der Waals surface area contributed by atoms with E-state index in [1.54, 1.807) is 0 Å². The van der Waals surface area contributed by atoms with Crippen LogP contribution >= 0.6 is 23.2 Å². The van der Waals surface area contributed by atoms with E-state index in [0.29, 0.717) is 11.6 Å². The molecule has 0 atom stereocenters. The van der Waals surface area contributed by atoms with Crippen molar-refractivity contribution in [1.29, 1.82) is 0 Å². The van der Waals surface area contributed by atoms with Gasteiger partial charge in [-0.15, -0.1) is 6.42 Å². The van der Waals surface area contributed by atoms with Crippen LogP contribution in [0.1, 0.15) is 13.8 Å². The van der Waals surface area contributed by atoms with E-state index >= 15 is 0 Å². The summed E-state index contributed by atoms with van der Waals surface area (Å²) in [5, 5.41) is 3.59. The van der Waals surface area contributed by atoms with Gasteiger partial charge in [0.25, 0.3) is 0 Å². The van der Waals surface area contributed by atoms with Crippen molar-refractivity contribution >= 4 is 23.2 Å². The first-order valence-corrected chi connectivity index (χ1v) is 4.01. The van der Waals surface area contributed by atoms with Gasteiger partial charge in [0.2, 0.25) is 0 Å². The highest BCUT2D eigenvalue weighted by Crippen LogP contribution is 2.04. The van der Waals surface area contributed by atoms with Crippen LogP contribution in [-0.4, -0.2) is 12.1 Å². The molecule has 0 aliphatic heterocycles. The maximum atomic E-state index is 5.63. The van der Waals surface area contributed by atoms with Gasteiger partial charge in [-0.25, -0.2) is 0 Å². The first-order valence-electron chi connectivity index (χ1n) is 3.19. The zero-order valence-corrected chi connectivity index (χ0v) is 8.13. The maximum absolute atomic E-state index is 5.63. The Kier molecular flexibility index (Phi) is 4.60. The fourth-order valence-electron chi connectivity index (χ4n) is 0.395. The average molecular weight is 192 g/mol. The molecular weight excluding hydrogens is 181 g/mol. The van der Waals surface area contributed by atoms with Crippen molar-refractivity contribution in [3.8, 4) is 12.3 Å². The highest BCUT2D eigenvalue weighted by atomic mass is 35.5. The van der Waals surface area contributed by atoms with Crippen molar-refractivity contribution < 1.29 is 0 Å². The quantitative estimate of drug-likeness (QED) is 0.676. The number of hydrogen-bond acceptors (Lipinski definition) is 1. The van der Waals surface area contributed by atoms with Gasteiger partial charge < -0.3 is 0 Å². The summed E-state index contributed by atoms with van der Waals surface area (Å²) in [6, 6.07) is 0. The summed E-state index contributed by atoms with van der Waals surface area (Å²) in [6.45, 7) is 4.29. The molecule has 0 spiro atoms. The molecule has 0 aliphatic carbocycles. The van der Waals surface area contributed by atoms with Gasteiger partial charge in [-0.1, -0.05) is 29.1 Å². The fourth-order valence-corrected chi connectivity index (χ4v) is 0.539. The van der Waals surface area contributed by atoms with Gasteiger partial charge in [0.15, 0.2) is 0 Å². The third-order valence-electron chi connectivity index (χ3n) is 1.18. The molecule has 0 saturated carbocycles. The predicted octanol–water partition coefficient (Wildman–Crippen LogP) is 2.31. The Morgan fingerprint density at radius 3 is 2.64 bits per heavy atom. The summed E-state index contributed by atoms with van der Waals surface area (Å²) in [4.78, 5) is 0. The Labute approximate surface area is 77.8 Å². The second-order valence-corrected chi connectivity index (χ2v) is 3.38. The summed E-state index contributed by atoms with van der Waals surface area (Å²) < 4.78 is 0. The minimum Gasteiger partial charge on any atom is -0.297 e. The predicted molar refractivity (Wildman–Crippen MR) is 50.7 cm³/mol. The van der Waals surface area contributed by atoms with Crippen molar-refractivity contribution in [2.45, 2.75) is 19.4 Å². The maximum Gasteiger partial charge on any atom is 0.0744 e. The van der Waals surface area contributed by atoms with Crippen molar-refractivity contribution in [3.05, 3.63) is 10.6 Å². The molecule has 0 aliphatic rings. The molecule has 1 nitrogen and oxygen atoms in total. The average Bonchev–Trinajstić information content (AvgIpc) is 2.00. The molecule has 0 aromatic carbocycles. The van der Waals surface area contributed by atoms with E-state index in [1.807, 2.05) is 13.8 Å². The smallest absolute Gasteiger partial charge is 0.0744 e. The van der Waals surface area contributed by atoms with Crippen LogP contribution in [0.5, 0.6) is 0 Å². The molecule has 0 aromatic heterocycles. The van der Waals surface area contributed by atoms with Crippen molar-refractivity contribution in [2.24, 2.45) is 0 Å². The molecular formula is C8H11Cl2N. The zero-order valence-electron chi connectivity index (χ0n) is 6.62. The van der Waals surface area contributed by atoms with Crippen molar-refractivity contribution in [1.82, 2.24) is 5.32 Å². The summed E-state index contributed by atoms with van der Waals surface area (Å²) in [5.74, 6) is 2.58. The van der Waals surface area contributed by atoms with Gasteiger partial charge in [0.1, 0.15) is 0 Å². The summed E-state index contributed by atoms with van der Waals surface area (Å²) in [6.07, 6.45) is 5.23. The van der Waals surface area contributed by atoms with Crippen LogP contribution in [0.4, 0.5) is 0 Å². The number of hydrogen-bond donors (Lipinski definition) is 1. The Bertz CT molecular complexity index is 189. The third-order valence-corrected chi connectivity index (χ3v) is 1.80. The number of rotatable bonds is 3. The molecule has 0 fully saturated rings. The largest absolute Gasteiger partial charge is 0.297 e. The topological polar surface area (TPSA) is 12.0 Å². The van der Waals surface area contributed by atoms with Gasteiger partial charge in [0.05, 0.1) is 5.54 Å². The second kappa shape index (κ2) is 4.66. The highest BCUT2D eigenvalue weighted by molar-refractivity contribution is 6.36. The molecule has 0 heterocycles. The molecule has 0 unspecified atom stereocenters. The van der Waals surface area contributed by atoms with E-state index < -0.39 is 0 Å². The molecule has 3 heteroatoms. The lowest BCUT2D eigenvalue weighted by atomic mass is 10.1. The summed E-state index contributed by atoms with van der Waals surface area (Å²) >= 11 is 11.0. The van der Waals surface area contributed by atoms with Crippen LogP contribution in [0.15, 0.2) is 10.6 Å². The molecule has 11 heavy (non-hydrogen) atoms. The van der Waals surface area contributed by atoms with Crippen LogP contribution in [0, 0.1) is 12.3 Å². The van der Waals surface area contributed by atoms with E-state index in [1.165, 1.54) is 5.54 Å². The highest BCUT2D eigenvalue weighted by Gasteiger charge is 2.11. The Morgan fingerprint density at radius 2 is 2.27 bits per heavy atom. The van der Waals surface area contributed by atoms with Gasteiger partial charge in [-0.05, 0) is 13.8 Å². The first kappa shape index (κ1) is 10.8. The van der Waals surface area contributed by atoms with E-state index in [4.69, 9.17) is 29.6 Å².